The zero-order valence-electron chi connectivity index (χ0n) is 14.1. The molecule has 0 saturated carbocycles. The lowest BCUT2D eigenvalue weighted by atomic mass is 9.96. The van der Waals surface area contributed by atoms with Crippen molar-refractivity contribution in [2.45, 2.75) is 39.2 Å². The van der Waals surface area contributed by atoms with E-state index in [9.17, 15) is 9.59 Å². The highest BCUT2D eigenvalue weighted by molar-refractivity contribution is 6.35. The van der Waals surface area contributed by atoms with E-state index in [0.717, 1.165) is 31.7 Å². The number of nitrogens with zero attached hydrogens (tertiary/aromatic N) is 2. The van der Waals surface area contributed by atoms with E-state index in [-0.39, 0.29) is 0 Å². The number of pyridine rings is 1. The maximum atomic E-state index is 11.8. The fourth-order valence-corrected chi connectivity index (χ4v) is 2.62. The van der Waals surface area contributed by atoms with E-state index in [1.807, 2.05) is 39.0 Å². The first-order valence-corrected chi connectivity index (χ1v) is 8.11. The summed E-state index contributed by atoms with van der Waals surface area (Å²) in [6.45, 7) is 7.95. The van der Waals surface area contributed by atoms with Crippen molar-refractivity contribution in [3.63, 3.8) is 0 Å². The summed E-state index contributed by atoms with van der Waals surface area (Å²) in [5, 5.41) is 5.41. The van der Waals surface area contributed by atoms with Crippen molar-refractivity contribution in [2.24, 2.45) is 5.92 Å². The van der Waals surface area contributed by atoms with Gasteiger partial charge in [-0.1, -0.05) is 6.07 Å². The molecule has 0 atom stereocenters. The number of carbonyl (C=O) groups excluding carboxylic acids is 2. The van der Waals surface area contributed by atoms with E-state index < -0.39 is 17.4 Å². The molecule has 1 aromatic rings. The smallest absolute Gasteiger partial charge is 0.309 e. The average Bonchev–Trinajstić information content (AvgIpc) is 2.52. The maximum absolute atomic E-state index is 11.8. The van der Waals surface area contributed by atoms with E-state index in [4.69, 9.17) is 0 Å². The number of carbonyl (C=O) groups is 2. The highest BCUT2D eigenvalue weighted by Crippen LogP contribution is 2.20. The molecule has 0 aromatic carbocycles. The Morgan fingerprint density at radius 3 is 2.48 bits per heavy atom. The lowest BCUT2D eigenvalue weighted by molar-refractivity contribution is -0.140. The zero-order chi connectivity index (χ0) is 16.9. The Labute approximate surface area is 137 Å². The summed E-state index contributed by atoms with van der Waals surface area (Å²) in [5.41, 5.74) is -0.400. The van der Waals surface area contributed by atoms with Crippen LogP contribution in [0.4, 0.5) is 5.82 Å². The molecule has 2 amide bonds. The first-order valence-electron chi connectivity index (χ1n) is 8.11. The van der Waals surface area contributed by atoms with E-state index in [1.165, 1.54) is 0 Å². The summed E-state index contributed by atoms with van der Waals surface area (Å²) in [6, 6.07) is 5.91. The second-order valence-electron chi connectivity index (χ2n) is 7.03. The molecule has 1 saturated heterocycles. The minimum atomic E-state index is -0.566. The Balaban J connectivity index is 1.72. The van der Waals surface area contributed by atoms with E-state index in [2.05, 4.69) is 20.5 Å². The van der Waals surface area contributed by atoms with Crippen LogP contribution in [0.2, 0.25) is 0 Å². The van der Waals surface area contributed by atoms with Crippen LogP contribution in [0.5, 0.6) is 0 Å². The van der Waals surface area contributed by atoms with Crippen molar-refractivity contribution >= 4 is 17.6 Å². The van der Waals surface area contributed by atoms with Gasteiger partial charge in [-0.25, -0.2) is 4.98 Å². The molecule has 6 nitrogen and oxygen atoms in total. The predicted molar refractivity (Wildman–Crippen MR) is 90.1 cm³/mol. The predicted octanol–water partition coefficient (Wildman–Crippen LogP) is 1.33. The lowest BCUT2D eigenvalue weighted by Crippen LogP contribution is -2.49. The van der Waals surface area contributed by atoms with Crippen LogP contribution in [0, 0.1) is 5.92 Å². The van der Waals surface area contributed by atoms with Crippen LogP contribution in [0.25, 0.3) is 0 Å². The third kappa shape index (κ3) is 5.54. The van der Waals surface area contributed by atoms with Gasteiger partial charge in [-0.15, -0.1) is 0 Å². The van der Waals surface area contributed by atoms with Crippen LogP contribution in [0.3, 0.4) is 0 Å². The van der Waals surface area contributed by atoms with E-state index >= 15 is 0 Å². The molecule has 1 aliphatic rings. The van der Waals surface area contributed by atoms with Crippen LogP contribution in [0.1, 0.15) is 33.6 Å². The normalized spacial score (nSPS) is 16.0. The highest BCUT2D eigenvalue weighted by atomic mass is 16.2. The van der Waals surface area contributed by atoms with Gasteiger partial charge in [0.1, 0.15) is 5.82 Å². The van der Waals surface area contributed by atoms with E-state index in [1.54, 1.807) is 6.20 Å². The van der Waals surface area contributed by atoms with Crippen molar-refractivity contribution in [1.29, 1.82) is 0 Å². The SMILES string of the molecule is CC(C)(C)NC(=O)C(=O)NCC1CCN(c2ccccn2)CC1. The molecule has 2 rings (SSSR count). The van der Waals surface area contributed by atoms with Gasteiger partial charge in [0.05, 0.1) is 0 Å². The van der Waals surface area contributed by atoms with Crippen LogP contribution in [0.15, 0.2) is 24.4 Å². The van der Waals surface area contributed by atoms with Gasteiger partial charge in [-0.05, 0) is 51.7 Å². The molecule has 0 spiro atoms. The fourth-order valence-electron chi connectivity index (χ4n) is 2.62. The Bertz CT molecular complexity index is 531. The van der Waals surface area contributed by atoms with E-state index in [0.29, 0.717) is 12.5 Å². The molecule has 1 aromatic heterocycles. The van der Waals surface area contributed by atoms with Crippen molar-refractivity contribution in [1.82, 2.24) is 15.6 Å². The molecule has 126 valence electrons. The third-order valence-electron chi connectivity index (χ3n) is 3.83. The summed E-state index contributed by atoms with van der Waals surface area (Å²) in [7, 11) is 0. The van der Waals surface area contributed by atoms with Gasteiger partial charge >= 0.3 is 11.8 Å². The van der Waals surface area contributed by atoms with Crippen molar-refractivity contribution in [2.75, 3.05) is 24.5 Å². The summed E-state index contributed by atoms with van der Waals surface area (Å²) in [4.78, 5) is 30.2. The number of anilines is 1. The summed E-state index contributed by atoms with van der Waals surface area (Å²) >= 11 is 0. The van der Waals surface area contributed by atoms with Gasteiger partial charge in [0.25, 0.3) is 0 Å². The number of hydrogen-bond acceptors (Lipinski definition) is 4. The molecule has 23 heavy (non-hydrogen) atoms. The Morgan fingerprint density at radius 2 is 1.91 bits per heavy atom. The molecule has 0 unspecified atom stereocenters. The molecule has 2 heterocycles. The number of nitrogens with one attached hydrogen (secondary N) is 2. The van der Waals surface area contributed by atoms with Crippen molar-refractivity contribution < 1.29 is 9.59 Å². The minimum absolute atomic E-state index is 0.400. The molecular weight excluding hydrogens is 292 g/mol. The third-order valence-corrected chi connectivity index (χ3v) is 3.83. The molecule has 0 bridgehead atoms. The monoisotopic (exact) mass is 318 g/mol. The molecule has 2 N–H and O–H groups in total. The number of aromatic nitrogens is 1. The topological polar surface area (TPSA) is 74.3 Å². The standard InChI is InChI=1S/C17H26N4O2/c1-17(2,3)20-16(23)15(22)19-12-13-7-10-21(11-8-13)14-6-4-5-9-18-14/h4-6,9,13H,7-8,10-12H2,1-3H3,(H,19,22)(H,20,23). The summed E-state index contributed by atoms with van der Waals surface area (Å²) in [5.74, 6) is 0.288. The second-order valence-corrected chi connectivity index (χ2v) is 7.03. The first-order chi connectivity index (χ1) is 10.8. The first kappa shape index (κ1) is 17.2. The maximum Gasteiger partial charge on any atom is 0.309 e. The molecular formula is C17H26N4O2. The average molecular weight is 318 g/mol. The highest BCUT2D eigenvalue weighted by Gasteiger charge is 2.23. The van der Waals surface area contributed by atoms with Gasteiger partial charge in [0, 0.05) is 31.4 Å². The van der Waals surface area contributed by atoms with Gasteiger partial charge in [0.15, 0.2) is 0 Å². The molecule has 0 aliphatic carbocycles. The lowest BCUT2D eigenvalue weighted by Gasteiger charge is -2.32. The van der Waals surface area contributed by atoms with Gasteiger partial charge in [0.2, 0.25) is 0 Å². The fraction of sp³-hybridized carbons (Fsp3) is 0.588. The number of hydrogen-bond donors (Lipinski definition) is 2. The number of amides is 2. The quantitative estimate of drug-likeness (QED) is 0.825. The molecule has 1 aliphatic heterocycles. The Morgan fingerprint density at radius 1 is 1.22 bits per heavy atom. The van der Waals surface area contributed by atoms with Crippen LogP contribution < -0.4 is 15.5 Å². The Kier molecular flexibility index (Phi) is 5.58. The van der Waals surface area contributed by atoms with Gasteiger partial charge in [-0.2, -0.15) is 0 Å². The Hall–Kier alpha value is -2.11. The summed E-state index contributed by atoms with van der Waals surface area (Å²) in [6.07, 6.45) is 3.77. The van der Waals surface area contributed by atoms with Crippen molar-refractivity contribution in [3.05, 3.63) is 24.4 Å². The van der Waals surface area contributed by atoms with Gasteiger partial charge < -0.3 is 15.5 Å². The second kappa shape index (κ2) is 7.44. The van der Waals surface area contributed by atoms with Crippen molar-refractivity contribution in [3.8, 4) is 0 Å². The molecule has 1 fully saturated rings. The number of piperidine rings is 1. The van der Waals surface area contributed by atoms with Crippen LogP contribution in [-0.2, 0) is 9.59 Å². The molecule has 0 radical (unpaired) electrons. The molecule has 6 heteroatoms. The zero-order valence-corrected chi connectivity index (χ0v) is 14.1. The minimum Gasteiger partial charge on any atom is -0.357 e. The van der Waals surface area contributed by atoms with Crippen LogP contribution in [-0.4, -0.2) is 42.0 Å². The summed E-state index contributed by atoms with van der Waals surface area (Å²) < 4.78 is 0. The van der Waals surface area contributed by atoms with Gasteiger partial charge in [-0.3, -0.25) is 9.59 Å². The largest absolute Gasteiger partial charge is 0.357 e. The number of rotatable bonds is 3. The van der Waals surface area contributed by atoms with Crippen LogP contribution >= 0.6 is 0 Å².